The van der Waals surface area contributed by atoms with Gasteiger partial charge >= 0.3 is 0 Å². The van der Waals surface area contributed by atoms with Crippen LogP contribution in [0.1, 0.15) is 39.0 Å². The number of rotatable bonds is 8. The molecule has 1 heterocycles. The van der Waals surface area contributed by atoms with Crippen molar-refractivity contribution in [2.75, 3.05) is 18.0 Å². The van der Waals surface area contributed by atoms with Gasteiger partial charge in [-0.1, -0.05) is 0 Å². The van der Waals surface area contributed by atoms with Crippen LogP contribution < -0.4 is 10.2 Å². The van der Waals surface area contributed by atoms with Gasteiger partial charge in [-0.25, -0.2) is 4.98 Å². The summed E-state index contributed by atoms with van der Waals surface area (Å²) in [4.78, 5) is 7.95. The van der Waals surface area contributed by atoms with Crippen molar-refractivity contribution in [2.45, 2.75) is 52.8 Å². The van der Waals surface area contributed by atoms with E-state index >= 15 is 0 Å². The Kier molecular flexibility index (Phi) is 6.60. The van der Waals surface area contributed by atoms with Crippen molar-refractivity contribution < 1.29 is 5.11 Å². The van der Waals surface area contributed by atoms with Gasteiger partial charge in [0.2, 0.25) is 0 Å². The summed E-state index contributed by atoms with van der Waals surface area (Å²) in [5.74, 6) is 0. The molecule has 0 radical (unpaired) electrons. The molecule has 0 aliphatic rings. The SMILES string of the molecule is CCN(CC)c1ncc(CNC(C)CC(C)O)s1. The third-order valence-corrected chi connectivity index (χ3v) is 3.95. The first-order valence-corrected chi connectivity index (χ1v) is 7.49. The number of aliphatic hydroxyl groups is 1. The maximum atomic E-state index is 9.30. The van der Waals surface area contributed by atoms with Crippen LogP contribution in [0.5, 0.6) is 0 Å². The van der Waals surface area contributed by atoms with E-state index in [1.54, 1.807) is 11.3 Å². The Morgan fingerprint density at radius 2 is 2.06 bits per heavy atom. The van der Waals surface area contributed by atoms with Crippen molar-refractivity contribution in [1.82, 2.24) is 10.3 Å². The van der Waals surface area contributed by atoms with Gasteiger partial charge in [-0.2, -0.15) is 0 Å². The van der Waals surface area contributed by atoms with Gasteiger partial charge in [-0.3, -0.25) is 0 Å². The third kappa shape index (κ3) is 4.92. The lowest BCUT2D eigenvalue weighted by Crippen LogP contribution is -2.28. The summed E-state index contributed by atoms with van der Waals surface area (Å²) in [6.45, 7) is 11.0. The van der Waals surface area contributed by atoms with Crippen molar-refractivity contribution in [3.63, 3.8) is 0 Å². The number of thiazole rings is 1. The van der Waals surface area contributed by atoms with Crippen LogP contribution in [-0.2, 0) is 6.54 Å². The monoisotopic (exact) mass is 271 g/mol. The van der Waals surface area contributed by atoms with Crippen molar-refractivity contribution in [3.05, 3.63) is 11.1 Å². The van der Waals surface area contributed by atoms with E-state index < -0.39 is 0 Å². The van der Waals surface area contributed by atoms with Crippen LogP contribution in [-0.4, -0.2) is 35.3 Å². The standard InChI is InChI=1S/C13H25N3OS/c1-5-16(6-2)13-15-9-12(18-13)8-14-10(3)7-11(4)17/h9-11,14,17H,5-8H2,1-4H3. The van der Waals surface area contributed by atoms with Gasteiger partial charge < -0.3 is 15.3 Å². The maximum absolute atomic E-state index is 9.30. The Labute approximate surface area is 114 Å². The van der Waals surface area contributed by atoms with Gasteiger partial charge in [0.25, 0.3) is 0 Å². The number of nitrogens with zero attached hydrogens (tertiary/aromatic N) is 2. The average molecular weight is 271 g/mol. The fourth-order valence-electron chi connectivity index (χ4n) is 1.89. The van der Waals surface area contributed by atoms with Gasteiger partial charge in [0.1, 0.15) is 0 Å². The topological polar surface area (TPSA) is 48.4 Å². The van der Waals surface area contributed by atoms with Crippen LogP contribution in [0.15, 0.2) is 6.20 Å². The van der Waals surface area contributed by atoms with Gasteiger partial charge in [-0.05, 0) is 34.1 Å². The minimum atomic E-state index is -0.250. The number of hydrogen-bond acceptors (Lipinski definition) is 5. The molecule has 5 heteroatoms. The fraction of sp³-hybridized carbons (Fsp3) is 0.769. The molecule has 0 bridgehead atoms. The van der Waals surface area contributed by atoms with E-state index in [1.165, 1.54) is 4.88 Å². The highest BCUT2D eigenvalue weighted by molar-refractivity contribution is 7.15. The van der Waals surface area contributed by atoms with E-state index in [0.29, 0.717) is 6.04 Å². The highest BCUT2D eigenvalue weighted by Crippen LogP contribution is 2.22. The summed E-state index contributed by atoms with van der Waals surface area (Å²) in [5.41, 5.74) is 0. The normalized spacial score (nSPS) is 14.5. The molecule has 0 saturated carbocycles. The summed E-state index contributed by atoms with van der Waals surface area (Å²) >= 11 is 1.74. The molecule has 1 rings (SSSR count). The molecule has 0 aliphatic carbocycles. The average Bonchev–Trinajstić information content (AvgIpc) is 2.76. The summed E-state index contributed by atoms with van der Waals surface area (Å²) in [6.07, 6.45) is 2.47. The summed E-state index contributed by atoms with van der Waals surface area (Å²) in [7, 11) is 0. The first-order chi connectivity index (χ1) is 8.56. The minimum Gasteiger partial charge on any atom is -0.393 e. The Balaban J connectivity index is 2.44. The Morgan fingerprint density at radius 3 is 2.61 bits per heavy atom. The molecule has 0 aliphatic heterocycles. The zero-order valence-corrected chi connectivity index (χ0v) is 12.6. The zero-order chi connectivity index (χ0) is 13.5. The first kappa shape index (κ1) is 15.4. The van der Waals surface area contributed by atoms with E-state index in [1.807, 2.05) is 13.1 Å². The number of aliphatic hydroxyl groups excluding tert-OH is 1. The van der Waals surface area contributed by atoms with Crippen molar-refractivity contribution in [2.24, 2.45) is 0 Å². The van der Waals surface area contributed by atoms with Gasteiger partial charge in [0.15, 0.2) is 5.13 Å². The zero-order valence-electron chi connectivity index (χ0n) is 11.8. The highest BCUT2D eigenvalue weighted by Gasteiger charge is 2.09. The second-order valence-electron chi connectivity index (χ2n) is 4.65. The third-order valence-electron chi connectivity index (χ3n) is 2.89. The minimum absolute atomic E-state index is 0.250. The molecule has 0 saturated heterocycles. The predicted molar refractivity (Wildman–Crippen MR) is 78.3 cm³/mol. The number of nitrogens with one attached hydrogen (secondary N) is 1. The molecule has 18 heavy (non-hydrogen) atoms. The lowest BCUT2D eigenvalue weighted by Gasteiger charge is -2.16. The molecule has 0 spiro atoms. The van der Waals surface area contributed by atoms with E-state index in [4.69, 9.17) is 0 Å². The molecule has 4 nitrogen and oxygen atoms in total. The Hall–Kier alpha value is -0.650. The molecule has 0 aromatic carbocycles. The fourth-order valence-corrected chi connectivity index (χ4v) is 2.88. The van der Waals surface area contributed by atoms with E-state index in [2.05, 4.69) is 36.0 Å². The molecule has 1 aromatic rings. The van der Waals surface area contributed by atoms with Gasteiger partial charge in [0, 0.05) is 36.8 Å². The molecule has 2 atom stereocenters. The van der Waals surface area contributed by atoms with Crippen molar-refractivity contribution in [1.29, 1.82) is 0 Å². The van der Waals surface area contributed by atoms with Crippen LogP contribution in [0, 0.1) is 0 Å². The van der Waals surface area contributed by atoms with Crippen LogP contribution in [0.2, 0.25) is 0 Å². The van der Waals surface area contributed by atoms with E-state index in [9.17, 15) is 5.11 Å². The summed E-state index contributed by atoms with van der Waals surface area (Å²) < 4.78 is 0. The Morgan fingerprint density at radius 1 is 1.39 bits per heavy atom. The molecule has 2 unspecified atom stereocenters. The molecule has 0 amide bonds. The molecule has 104 valence electrons. The number of hydrogen-bond donors (Lipinski definition) is 2. The number of anilines is 1. The molecular weight excluding hydrogens is 246 g/mol. The van der Waals surface area contributed by atoms with Crippen LogP contribution in [0.25, 0.3) is 0 Å². The number of aromatic nitrogens is 1. The predicted octanol–water partition coefficient (Wildman–Crippen LogP) is 2.24. The maximum Gasteiger partial charge on any atom is 0.185 e. The van der Waals surface area contributed by atoms with Crippen LogP contribution in [0.3, 0.4) is 0 Å². The highest BCUT2D eigenvalue weighted by atomic mass is 32.1. The van der Waals surface area contributed by atoms with Crippen LogP contribution in [0.4, 0.5) is 5.13 Å². The molecule has 2 N–H and O–H groups in total. The molecule has 1 aromatic heterocycles. The van der Waals surface area contributed by atoms with E-state index in [-0.39, 0.29) is 6.10 Å². The summed E-state index contributed by atoms with van der Waals surface area (Å²) in [5, 5.41) is 13.8. The smallest absolute Gasteiger partial charge is 0.185 e. The largest absolute Gasteiger partial charge is 0.393 e. The van der Waals surface area contributed by atoms with Crippen LogP contribution >= 0.6 is 11.3 Å². The quantitative estimate of drug-likeness (QED) is 0.761. The first-order valence-electron chi connectivity index (χ1n) is 6.67. The van der Waals surface area contributed by atoms with E-state index in [0.717, 1.165) is 31.2 Å². The lowest BCUT2D eigenvalue weighted by atomic mass is 10.1. The lowest BCUT2D eigenvalue weighted by molar-refractivity contribution is 0.170. The Bertz CT molecular complexity index is 337. The molecule has 0 fully saturated rings. The second kappa shape index (κ2) is 7.71. The molecular formula is C13H25N3OS. The second-order valence-corrected chi connectivity index (χ2v) is 5.74. The van der Waals surface area contributed by atoms with Crippen molar-refractivity contribution in [3.8, 4) is 0 Å². The van der Waals surface area contributed by atoms with Gasteiger partial charge in [-0.15, -0.1) is 11.3 Å². The summed E-state index contributed by atoms with van der Waals surface area (Å²) in [6, 6.07) is 0.323. The van der Waals surface area contributed by atoms with Gasteiger partial charge in [0.05, 0.1) is 6.10 Å². The van der Waals surface area contributed by atoms with Crippen molar-refractivity contribution >= 4 is 16.5 Å².